The first-order valence-electron chi connectivity index (χ1n) is 6.64. The molecule has 0 radical (unpaired) electrons. The Bertz CT molecular complexity index is 535. The Morgan fingerprint density at radius 3 is 2.63 bits per heavy atom. The summed E-state index contributed by atoms with van der Waals surface area (Å²) in [4.78, 5) is 10.3. The van der Waals surface area contributed by atoms with Crippen LogP contribution in [0.3, 0.4) is 0 Å². The van der Waals surface area contributed by atoms with Crippen LogP contribution in [0, 0.1) is 0 Å². The second-order valence-electron chi connectivity index (χ2n) is 6.10. The first kappa shape index (κ1) is 13.2. The summed E-state index contributed by atoms with van der Waals surface area (Å²) < 4.78 is 0. The number of nitrogens with one attached hydrogen (secondary N) is 1. The highest BCUT2D eigenvalue weighted by Gasteiger charge is 2.29. The molecule has 5 heteroatoms. The van der Waals surface area contributed by atoms with E-state index < -0.39 is 0 Å². The van der Waals surface area contributed by atoms with Crippen molar-refractivity contribution in [3.05, 3.63) is 32.7 Å². The molecule has 1 atom stereocenters. The molecule has 0 aliphatic heterocycles. The van der Waals surface area contributed by atoms with Gasteiger partial charge in [0.1, 0.15) is 5.01 Å². The van der Waals surface area contributed by atoms with E-state index in [9.17, 15) is 0 Å². The predicted molar refractivity (Wildman–Crippen MR) is 80.9 cm³/mol. The van der Waals surface area contributed by atoms with Crippen molar-refractivity contribution >= 4 is 22.7 Å². The zero-order valence-electron chi connectivity index (χ0n) is 11.5. The first-order chi connectivity index (χ1) is 9.04. The van der Waals surface area contributed by atoms with Crippen LogP contribution in [0.25, 0.3) is 0 Å². The molecule has 0 bridgehead atoms. The van der Waals surface area contributed by atoms with Gasteiger partial charge in [0.25, 0.3) is 0 Å². The minimum atomic E-state index is 0.118. The molecule has 2 heterocycles. The molecule has 1 aliphatic carbocycles. The van der Waals surface area contributed by atoms with Crippen molar-refractivity contribution in [1.29, 1.82) is 0 Å². The van der Waals surface area contributed by atoms with E-state index in [1.807, 2.05) is 11.7 Å². The van der Waals surface area contributed by atoms with Crippen LogP contribution in [-0.4, -0.2) is 16.0 Å². The standard InChI is InChI=1S/C14H19N3S2/c1-14(2,3)11-7-18-13(17-11)12(16-9-4-5-9)10-6-15-8-19-10/h6-9,12,16H,4-5H2,1-3H3. The Morgan fingerprint density at radius 2 is 2.11 bits per heavy atom. The molecule has 2 aromatic rings. The van der Waals surface area contributed by atoms with Crippen LogP contribution in [0.1, 0.15) is 55.2 Å². The minimum Gasteiger partial charge on any atom is -0.301 e. The summed E-state index contributed by atoms with van der Waals surface area (Å²) in [6, 6.07) is 0.884. The summed E-state index contributed by atoms with van der Waals surface area (Å²) in [6.45, 7) is 6.63. The van der Waals surface area contributed by atoms with Gasteiger partial charge in [0.05, 0.1) is 17.2 Å². The zero-order valence-corrected chi connectivity index (χ0v) is 13.1. The Balaban J connectivity index is 1.88. The van der Waals surface area contributed by atoms with Crippen LogP contribution in [-0.2, 0) is 5.41 Å². The summed E-state index contributed by atoms with van der Waals surface area (Å²) in [5, 5.41) is 7.05. The van der Waals surface area contributed by atoms with Gasteiger partial charge in [0, 0.05) is 27.9 Å². The molecule has 3 rings (SSSR count). The second kappa shape index (κ2) is 4.96. The largest absolute Gasteiger partial charge is 0.301 e. The third-order valence-corrected chi connectivity index (χ3v) is 5.00. The molecular formula is C14H19N3S2. The lowest BCUT2D eigenvalue weighted by molar-refractivity contribution is 0.559. The van der Waals surface area contributed by atoms with E-state index in [0.29, 0.717) is 6.04 Å². The van der Waals surface area contributed by atoms with Crippen LogP contribution in [0.2, 0.25) is 0 Å². The second-order valence-corrected chi connectivity index (χ2v) is 7.91. The van der Waals surface area contributed by atoms with Gasteiger partial charge < -0.3 is 5.32 Å². The van der Waals surface area contributed by atoms with E-state index in [1.165, 1.54) is 28.4 Å². The molecule has 1 unspecified atom stereocenters. The third kappa shape index (κ3) is 3.04. The highest BCUT2D eigenvalue weighted by atomic mass is 32.1. The van der Waals surface area contributed by atoms with Crippen molar-refractivity contribution in [1.82, 2.24) is 15.3 Å². The monoisotopic (exact) mass is 293 g/mol. The molecule has 102 valence electrons. The van der Waals surface area contributed by atoms with E-state index in [0.717, 1.165) is 0 Å². The molecule has 0 amide bonds. The molecule has 0 spiro atoms. The zero-order chi connectivity index (χ0) is 13.5. The van der Waals surface area contributed by atoms with Gasteiger partial charge in [-0.1, -0.05) is 20.8 Å². The van der Waals surface area contributed by atoms with E-state index in [4.69, 9.17) is 4.98 Å². The van der Waals surface area contributed by atoms with Gasteiger partial charge in [-0.05, 0) is 12.8 Å². The molecular weight excluding hydrogens is 274 g/mol. The van der Waals surface area contributed by atoms with Crippen molar-refractivity contribution in [2.75, 3.05) is 0 Å². The summed E-state index contributed by atoms with van der Waals surface area (Å²) in [6.07, 6.45) is 4.53. The topological polar surface area (TPSA) is 37.8 Å². The fourth-order valence-electron chi connectivity index (χ4n) is 1.89. The van der Waals surface area contributed by atoms with Gasteiger partial charge in [-0.15, -0.1) is 22.7 Å². The lowest BCUT2D eigenvalue weighted by Gasteiger charge is -2.16. The van der Waals surface area contributed by atoms with E-state index in [2.05, 4.69) is 36.5 Å². The summed E-state index contributed by atoms with van der Waals surface area (Å²) >= 11 is 3.46. The average molecular weight is 293 g/mol. The fourth-order valence-corrected chi connectivity index (χ4v) is 3.77. The Labute approximate surface area is 122 Å². The normalized spacial score (nSPS) is 17.6. The van der Waals surface area contributed by atoms with Gasteiger partial charge in [-0.3, -0.25) is 4.98 Å². The van der Waals surface area contributed by atoms with Gasteiger partial charge in [0.15, 0.2) is 0 Å². The Morgan fingerprint density at radius 1 is 1.32 bits per heavy atom. The van der Waals surface area contributed by atoms with E-state index in [-0.39, 0.29) is 11.5 Å². The number of nitrogens with zero attached hydrogens (tertiary/aromatic N) is 2. The molecule has 2 aromatic heterocycles. The fraction of sp³-hybridized carbons (Fsp3) is 0.571. The van der Waals surface area contributed by atoms with Crippen LogP contribution < -0.4 is 5.32 Å². The molecule has 1 fully saturated rings. The highest BCUT2D eigenvalue weighted by Crippen LogP contribution is 2.34. The van der Waals surface area contributed by atoms with Crippen LogP contribution in [0.15, 0.2) is 17.1 Å². The maximum atomic E-state index is 4.85. The number of aromatic nitrogens is 2. The molecule has 0 saturated heterocycles. The highest BCUT2D eigenvalue weighted by molar-refractivity contribution is 7.11. The average Bonchev–Trinajstić information content (AvgIpc) is 2.86. The van der Waals surface area contributed by atoms with Gasteiger partial charge in [-0.2, -0.15) is 0 Å². The SMILES string of the molecule is CC(C)(C)c1csc(C(NC2CC2)c2cncs2)n1. The van der Waals surface area contributed by atoms with Gasteiger partial charge >= 0.3 is 0 Å². The number of hydrogen-bond acceptors (Lipinski definition) is 5. The van der Waals surface area contributed by atoms with Crippen molar-refractivity contribution in [2.24, 2.45) is 0 Å². The van der Waals surface area contributed by atoms with E-state index in [1.54, 1.807) is 22.7 Å². The molecule has 3 nitrogen and oxygen atoms in total. The smallest absolute Gasteiger partial charge is 0.115 e. The minimum absolute atomic E-state index is 0.118. The lowest BCUT2D eigenvalue weighted by atomic mass is 9.93. The maximum Gasteiger partial charge on any atom is 0.115 e. The summed E-state index contributed by atoms with van der Waals surface area (Å²) in [5.41, 5.74) is 3.20. The van der Waals surface area contributed by atoms with Crippen LogP contribution in [0.4, 0.5) is 0 Å². The molecule has 1 N–H and O–H groups in total. The Hall–Kier alpha value is -0.780. The van der Waals surface area contributed by atoms with Gasteiger partial charge in [-0.25, -0.2) is 4.98 Å². The third-order valence-electron chi connectivity index (χ3n) is 3.25. The quantitative estimate of drug-likeness (QED) is 0.933. The van der Waals surface area contributed by atoms with Crippen LogP contribution >= 0.6 is 22.7 Å². The molecule has 1 aliphatic rings. The van der Waals surface area contributed by atoms with E-state index >= 15 is 0 Å². The number of rotatable bonds is 4. The maximum absolute atomic E-state index is 4.85. The summed E-state index contributed by atoms with van der Waals surface area (Å²) in [5.74, 6) is 0. The summed E-state index contributed by atoms with van der Waals surface area (Å²) in [7, 11) is 0. The number of hydrogen-bond donors (Lipinski definition) is 1. The Kier molecular flexibility index (Phi) is 3.45. The predicted octanol–water partition coefficient (Wildman–Crippen LogP) is 3.74. The van der Waals surface area contributed by atoms with Crippen molar-refractivity contribution in [2.45, 2.75) is 51.1 Å². The lowest BCUT2D eigenvalue weighted by Crippen LogP contribution is -2.24. The molecule has 19 heavy (non-hydrogen) atoms. The first-order valence-corrected chi connectivity index (χ1v) is 8.40. The number of thiazole rings is 2. The van der Waals surface area contributed by atoms with Crippen molar-refractivity contribution in [3.63, 3.8) is 0 Å². The van der Waals surface area contributed by atoms with Gasteiger partial charge in [0.2, 0.25) is 0 Å². The molecule has 1 saturated carbocycles. The van der Waals surface area contributed by atoms with Crippen molar-refractivity contribution in [3.8, 4) is 0 Å². The van der Waals surface area contributed by atoms with Crippen molar-refractivity contribution < 1.29 is 0 Å². The van der Waals surface area contributed by atoms with Crippen LogP contribution in [0.5, 0.6) is 0 Å². The molecule has 0 aromatic carbocycles.